The van der Waals surface area contributed by atoms with Crippen molar-refractivity contribution in [2.24, 2.45) is 5.10 Å². The van der Waals surface area contributed by atoms with Gasteiger partial charge in [-0.2, -0.15) is 5.10 Å². The van der Waals surface area contributed by atoms with Crippen molar-refractivity contribution in [1.82, 2.24) is 14.9 Å². The monoisotopic (exact) mass is 259 g/mol. The van der Waals surface area contributed by atoms with Crippen molar-refractivity contribution in [2.75, 3.05) is 0 Å². The minimum absolute atomic E-state index is 0.0456. The Bertz CT molecular complexity index is 640. The van der Waals surface area contributed by atoms with Crippen molar-refractivity contribution in [3.8, 4) is 0 Å². The second kappa shape index (κ2) is 4.97. The fourth-order valence-electron chi connectivity index (χ4n) is 1.66. The fraction of sp³-hybridized carbons (Fsp3) is 0.250. The molecule has 1 aromatic heterocycles. The predicted molar refractivity (Wildman–Crippen MR) is 70.2 cm³/mol. The van der Waals surface area contributed by atoms with Crippen LogP contribution in [0.4, 0.5) is 5.69 Å². The summed E-state index contributed by atoms with van der Waals surface area (Å²) in [7, 11) is 0. The number of nitro benzene ring substituents is 1. The topological polar surface area (TPSA) is 86.2 Å². The van der Waals surface area contributed by atoms with Gasteiger partial charge in [0, 0.05) is 17.7 Å². The molecule has 2 aromatic rings. The smallest absolute Gasteiger partial charge is 0.258 e. The summed E-state index contributed by atoms with van der Waals surface area (Å²) < 4.78 is 1.61. The molecule has 0 unspecified atom stereocenters. The van der Waals surface area contributed by atoms with Crippen LogP contribution in [0.25, 0.3) is 0 Å². The summed E-state index contributed by atoms with van der Waals surface area (Å²) in [5.74, 6) is 1.34. The number of aromatic nitrogens is 3. The lowest BCUT2D eigenvalue weighted by Gasteiger charge is -2.03. The van der Waals surface area contributed by atoms with E-state index in [0.29, 0.717) is 22.9 Å². The van der Waals surface area contributed by atoms with Gasteiger partial charge in [-0.15, -0.1) is 10.2 Å². The molecule has 0 N–H and O–H groups in total. The molecule has 0 aliphatic heterocycles. The molecule has 19 heavy (non-hydrogen) atoms. The Morgan fingerprint density at radius 1 is 1.32 bits per heavy atom. The highest BCUT2D eigenvalue weighted by Gasteiger charge is 2.09. The van der Waals surface area contributed by atoms with Gasteiger partial charge in [-0.05, 0) is 20.8 Å². The van der Waals surface area contributed by atoms with Gasteiger partial charge in [0.25, 0.3) is 5.69 Å². The number of aryl methyl sites for hydroxylation is 2. The van der Waals surface area contributed by atoms with E-state index < -0.39 is 4.92 Å². The minimum atomic E-state index is -0.425. The zero-order valence-electron chi connectivity index (χ0n) is 10.9. The predicted octanol–water partition coefficient (Wildman–Crippen LogP) is 2.08. The Kier molecular flexibility index (Phi) is 3.37. The summed E-state index contributed by atoms with van der Waals surface area (Å²) in [6, 6.07) is 6.36. The molecule has 0 spiro atoms. The van der Waals surface area contributed by atoms with Gasteiger partial charge in [0.05, 0.1) is 10.6 Å². The maximum Gasteiger partial charge on any atom is 0.270 e. The largest absolute Gasteiger partial charge is 0.270 e. The molecule has 0 saturated carbocycles. The lowest BCUT2D eigenvalue weighted by atomic mass is 10.1. The van der Waals surface area contributed by atoms with Gasteiger partial charge >= 0.3 is 0 Å². The SMILES string of the molecule is CC(=Nn1c(C)nnc1C)c1cccc([N+](=O)[O-])c1. The van der Waals surface area contributed by atoms with Crippen LogP contribution in [-0.4, -0.2) is 25.5 Å². The molecule has 0 fully saturated rings. The van der Waals surface area contributed by atoms with E-state index in [2.05, 4.69) is 15.3 Å². The van der Waals surface area contributed by atoms with Crippen LogP contribution in [0.1, 0.15) is 24.1 Å². The van der Waals surface area contributed by atoms with E-state index in [1.165, 1.54) is 12.1 Å². The zero-order valence-corrected chi connectivity index (χ0v) is 10.9. The minimum Gasteiger partial charge on any atom is -0.258 e. The highest BCUT2D eigenvalue weighted by molar-refractivity contribution is 5.99. The first kappa shape index (κ1) is 12.9. The van der Waals surface area contributed by atoms with Crippen molar-refractivity contribution in [3.63, 3.8) is 0 Å². The van der Waals surface area contributed by atoms with Gasteiger partial charge in [0.15, 0.2) is 11.6 Å². The molecular weight excluding hydrogens is 246 g/mol. The molecule has 7 heteroatoms. The first-order valence-electron chi connectivity index (χ1n) is 5.68. The van der Waals surface area contributed by atoms with Crippen molar-refractivity contribution >= 4 is 11.4 Å². The molecule has 0 radical (unpaired) electrons. The standard InChI is InChI=1S/C12H13N5O2/c1-8(15-16-9(2)13-14-10(16)3)11-5-4-6-12(7-11)17(18)19/h4-7H,1-3H3. The van der Waals surface area contributed by atoms with Crippen molar-refractivity contribution < 1.29 is 4.92 Å². The second-order valence-corrected chi connectivity index (χ2v) is 4.10. The molecule has 0 bridgehead atoms. The van der Waals surface area contributed by atoms with E-state index in [1.54, 1.807) is 37.6 Å². The van der Waals surface area contributed by atoms with Crippen LogP contribution in [0, 0.1) is 24.0 Å². The first-order valence-corrected chi connectivity index (χ1v) is 5.68. The number of hydrogen-bond acceptors (Lipinski definition) is 5. The Morgan fingerprint density at radius 3 is 2.53 bits per heavy atom. The highest BCUT2D eigenvalue weighted by Crippen LogP contribution is 2.14. The third-order valence-corrected chi connectivity index (χ3v) is 2.68. The van der Waals surface area contributed by atoms with E-state index in [0.717, 1.165) is 0 Å². The van der Waals surface area contributed by atoms with Crippen LogP contribution in [0.3, 0.4) is 0 Å². The number of benzene rings is 1. The molecule has 0 atom stereocenters. The van der Waals surface area contributed by atoms with Gasteiger partial charge in [0.2, 0.25) is 0 Å². The quantitative estimate of drug-likeness (QED) is 0.479. The molecule has 1 aromatic carbocycles. The first-order chi connectivity index (χ1) is 8.99. The average Bonchev–Trinajstić information content (AvgIpc) is 2.70. The molecule has 0 amide bonds. The summed E-state index contributed by atoms with van der Waals surface area (Å²) >= 11 is 0. The van der Waals surface area contributed by atoms with Gasteiger partial charge in [-0.3, -0.25) is 10.1 Å². The zero-order chi connectivity index (χ0) is 14.0. The van der Waals surface area contributed by atoms with E-state index >= 15 is 0 Å². The third kappa shape index (κ3) is 2.65. The molecule has 0 aliphatic carbocycles. The average molecular weight is 259 g/mol. The van der Waals surface area contributed by atoms with Crippen molar-refractivity contribution in [2.45, 2.75) is 20.8 Å². The number of non-ortho nitro benzene ring substituents is 1. The second-order valence-electron chi connectivity index (χ2n) is 4.10. The Morgan fingerprint density at radius 2 is 1.95 bits per heavy atom. The van der Waals surface area contributed by atoms with Crippen LogP contribution in [0.2, 0.25) is 0 Å². The van der Waals surface area contributed by atoms with Crippen LogP contribution >= 0.6 is 0 Å². The Hall–Kier alpha value is -2.57. The van der Waals surface area contributed by atoms with Crippen molar-refractivity contribution in [3.05, 3.63) is 51.6 Å². The van der Waals surface area contributed by atoms with E-state index in [-0.39, 0.29) is 5.69 Å². The van der Waals surface area contributed by atoms with Gasteiger partial charge < -0.3 is 0 Å². The summed E-state index contributed by atoms with van der Waals surface area (Å²) in [4.78, 5) is 10.3. The van der Waals surface area contributed by atoms with Gasteiger partial charge in [0.1, 0.15) is 0 Å². The van der Waals surface area contributed by atoms with Crippen LogP contribution < -0.4 is 0 Å². The Balaban J connectivity index is 2.42. The molecule has 2 rings (SSSR count). The maximum atomic E-state index is 10.7. The van der Waals surface area contributed by atoms with Crippen LogP contribution in [0.5, 0.6) is 0 Å². The molecular formula is C12H13N5O2. The lowest BCUT2D eigenvalue weighted by molar-refractivity contribution is -0.384. The Labute approximate surface area is 109 Å². The van der Waals surface area contributed by atoms with Gasteiger partial charge in [-0.1, -0.05) is 12.1 Å². The highest BCUT2D eigenvalue weighted by atomic mass is 16.6. The van der Waals surface area contributed by atoms with Crippen LogP contribution in [0.15, 0.2) is 29.4 Å². The van der Waals surface area contributed by atoms with E-state index in [1.807, 2.05) is 0 Å². The summed E-state index contributed by atoms with van der Waals surface area (Å²) in [6.07, 6.45) is 0. The molecule has 0 aliphatic rings. The van der Waals surface area contributed by atoms with Crippen molar-refractivity contribution in [1.29, 1.82) is 0 Å². The number of hydrogen-bond donors (Lipinski definition) is 0. The van der Waals surface area contributed by atoms with E-state index in [4.69, 9.17) is 0 Å². The lowest BCUT2D eigenvalue weighted by Crippen LogP contribution is -2.03. The summed E-state index contributed by atoms with van der Waals surface area (Å²) in [5.41, 5.74) is 1.40. The summed E-state index contributed by atoms with van der Waals surface area (Å²) in [5, 5.41) is 22.9. The molecule has 98 valence electrons. The number of nitrogens with zero attached hydrogens (tertiary/aromatic N) is 5. The van der Waals surface area contributed by atoms with Gasteiger partial charge in [-0.25, -0.2) is 4.68 Å². The van der Waals surface area contributed by atoms with E-state index in [9.17, 15) is 10.1 Å². The summed E-state index contributed by atoms with van der Waals surface area (Å²) in [6.45, 7) is 5.38. The molecule has 1 heterocycles. The number of nitro groups is 1. The third-order valence-electron chi connectivity index (χ3n) is 2.68. The molecule has 0 saturated heterocycles. The maximum absolute atomic E-state index is 10.7. The fourth-order valence-corrected chi connectivity index (χ4v) is 1.66. The molecule has 7 nitrogen and oxygen atoms in total. The number of rotatable bonds is 3. The van der Waals surface area contributed by atoms with Crippen LogP contribution in [-0.2, 0) is 0 Å². The normalized spacial score (nSPS) is 11.6.